The first-order valence-corrected chi connectivity index (χ1v) is 3.73. The molecule has 13 heavy (non-hydrogen) atoms. The monoisotopic (exact) mass is 182 g/mol. The minimum Gasteiger partial charge on any atom is -0.475 e. The Hall–Kier alpha value is -1.62. The third-order valence-corrected chi connectivity index (χ3v) is 1.36. The van der Waals surface area contributed by atoms with Gasteiger partial charge in [-0.3, -0.25) is 4.79 Å². The van der Waals surface area contributed by atoms with E-state index in [1.165, 1.54) is 18.3 Å². The molecule has 0 fully saturated rings. The normalized spacial score (nSPS) is 9.62. The first-order chi connectivity index (χ1) is 6.24. The van der Waals surface area contributed by atoms with E-state index in [0.717, 1.165) is 0 Å². The summed E-state index contributed by atoms with van der Waals surface area (Å²) in [5.74, 6) is -0.249. The Balaban J connectivity index is 2.73. The summed E-state index contributed by atoms with van der Waals surface area (Å²) >= 11 is 0. The topological polar surface area (TPSA) is 85.4 Å². The molecule has 0 radical (unpaired) electrons. The first kappa shape index (κ1) is 9.47. The molecule has 0 unspecified atom stereocenters. The summed E-state index contributed by atoms with van der Waals surface area (Å²) in [6, 6.07) is 2.92. The summed E-state index contributed by atoms with van der Waals surface area (Å²) in [5.41, 5.74) is 5.38. The number of hydrogen-bond donors (Lipinski definition) is 2. The smallest absolute Gasteiger partial charge is 0.248 e. The third-order valence-electron chi connectivity index (χ3n) is 1.36. The number of carbonyl (C=O) groups is 1. The molecule has 1 rings (SSSR count). The van der Waals surface area contributed by atoms with Crippen LogP contribution in [-0.4, -0.2) is 29.2 Å². The molecule has 5 heteroatoms. The number of nitrogens with two attached hydrogens (primary N) is 1. The highest BCUT2D eigenvalue weighted by Gasteiger charge is 2.02. The molecule has 0 spiro atoms. The van der Waals surface area contributed by atoms with Crippen molar-refractivity contribution in [2.24, 2.45) is 5.73 Å². The van der Waals surface area contributed by atoms with Gasteiger partial charge in [0.2, 0.25) is 11.8 Å². The zero-order valence-corrected chi connectivity index (χ0v) is 6.93. The molecule has 1 aromatic rings. The van der Waals surface area contributed by atoms with Crippen LogP contribution in [0.4, 0.5) is 0 Å². The summed E-state index contributed by atoms with van der Waals surface area (Å²) in [5, 5.41) is 8.46. The van der Waals surface area contributed by atoms with Crippen LogP contribution in [0.1, 0.15) is 10.4 Å². The van der Waals surface area contributed by atoms with Crippen LogP contribution in [0.5, 0.6) is 5.88 Å². The maximum Gasteiger partial charge on any atom is 0.248 e. The molecule has 0 aliphatic carbocycles. The lowest BCUT2D eigenvalue weighted by Crippen LogP contribution is -2.11. The number of amides is 1. The molecule has 0 saturated carbocycles. The predicted molar refractivity (Wildman–Crippen MR) is 45.3 cm³/mol. The zero-order valence-electron chi connectivity index (χ0n) is 6.93. The largest absolute Gasteiger partial charge is 0.475 e. The fraction of sp³-hybridized carbons (Fsp3) is 0.250. The van der Waals surface area contributed by atoms with E-state index in [2.05, 4.69) is 4.98 Å². The molecular weight excluding hydrogens is 172 g/mol. The van der Waals surface area contributed by atoms with E-state index in [1.54, 1.807) is 0 Å². The van der Waals surface area contributed by atoms with Crippen LogP contribution in [-0.2, 0) is 0 Å². The number of aliphatic hydroxyl groups is 1. The standard InChI is InChI=1S/C8H10N2O3/c9-8(12)6-1-2-10-7(5-6)13-4-3-11/h1-2,5,11H,3-4H2,(H2,9,12). The van der Waals surface area contributed by atoms with Gasteiger partial charge in [0.15, 0.2) is 0 Å². The second-order valence-corrected chi connectivity index (χ2v) is 2.32. The fourth-order valence-corrected chi connectivity index (χ4v) is 0.792. The summed E-state index contributed by atoms with van der Waals surface area (Å²) in [4.78, 5) is 14.5. The summed E-state index contributed by atoms with van der Waals surface area (Å²) in [6.07, 6.45) is 1.42. The van der Waals surface area contributed by atoms with Crippen molar-refractivity contribution in [1.29, 1.82) is 0 Å². The van der Waals surface area contributed by atoms with Crippen molar-refractivity contribution in [2.75, 3.05) is 13.2 Å². The van der Waals surface area contributed by atoms with Crippen LogP contribution < -0.4 is 10.5 Å². The number of carbonyl (C=O) groups excluding carboxylic acids is 1. The maximum absolute atomic E-state index is 10.7. The Bertz CT molecular complexity index is 301. The molecule has 5 nitrogen and oxygen atoms in total. The average Bonchev–Trinajstić information content (AvgIpc) is 2.15. The second kappa shape index (κ2) is 4.42. The maximum atomic E-state index is 10.7. The van der Waals surface area contributed by atoms with Crippen LogP contribution in [0.25, 0.3) is 0 Å². The van der Waals surface area contributed by atoms with Crippen LogP contribution in [0.15, 0.2) is 18.3 Å². The van der Waals surface area contributed by atoms with Gasteiger partial charge in [-0.05, 0) is 6.07 Å². The van der Waals surface area contributed by atoms with Gasteiger partial charge in [0.05, 0.1) is 6.61 Å². The van der Waals surface area contributed by atoms with Gasteiger partial charge in [0.1, 0.15) is 6.61 Å². The number of hydrogen-bond acceptors (Lipinski definition) is 4. The lowest BCUT2D eigenvalue weighted by molar-refractivity contribution is 0.0999. The van der Waals surface area contributed by atoms with Gasteiger partial charge in [0, 0.05) is 17.8 Å². The molecule has 0 saturated heterocycles. The Morgan fingerprint density at radius 2 is 2.46 bits per heavy atom. The van der Waals surface area contributed by atoms with Gasteiger partial charge in [-0.2, -0.15) is 0 Å². The molecule has 0 aliphatic rings. The van der Waals surface area contributed by atoms with Crippen molar-refractivity contribution in [3.63, 3.8) is 0 Å². The summed E-state index contributed by atoms with van der Waals surface area (Å²) in [7, 11) is 0. The highest BCUT2D eigenvalue weighted by molar-refractivity contribution is 5.92. The molecule has 1 amide bonds. The fourth-order valence-electron chi connectivity index (χ4n) is 0.792. The molecule has 0 aliphatic heterocycles. The summed E-state index contributed by atoms with van der Waals surface area (Å²) in [6.45, 7) is 0.0533. The van der Waals surface area contributed by atoms with Gasteiger partial charge in [0.25, 0.3) is 0 Å². The Morgan fingerprint density at radius 1 is 1.69 bits per heavy atom. The van der Waals surface area contributed by atoms with Crippen molar-refractivity contribution >= 4 is 5.91 Å². The molecule has 3 N–H and O–H groups in total. The number of pyridine rings is 1. The van der Waals surface area contributed by atoms with Gasteiger partial charge in [-0.15, -0.1) is 0 Å². The third kappa shape index (κ3) is 2.72. The molecule has 70 valence electrons. The molecule has 0 aromatic carbocycles. The first-order valence-electron chi connectivity index (χ1n) is 3.73. The van der Waals surface area contributed by atoms with Crippen molar-refractivity contribution in [3.8, 4) is 5.88 Å². The number of primary amides is 1. The molecule has 0 atom stereocenters. The predicted octanol–water partition coefficient (Wildman–Crippen LogP) is -0.448. The summed E-state index contributed by atoms with van der Waals surface area (Å²) < 4.78 is 4.98. The van der Waals surface area contributed by atoms with Crippen LogP contribution in [0.2, 0.25) is 0 Å². The number of nitrogens with zero attached hydrogens (tertiary/aromatic N) is 1. The van der Waals surface area contributed by atoms with Gasteiger partial charge < -0.3 is 15.6 Å². The minimum atomic E-state index is -0.531. The Morgan fingerprint density at radius 3 is 3.08 bits per heavy atom. The number of aliphatic hydroxyl groups excluding tert-OH is 1. The minimum absolute atomic E-state index is 0.0948. The van der Waals surface area contributed by atoms with Gasteiger partial charge >= 0.3 is 0 Å². The van der Waals surface area contributed by atoms with Crippen LogP contribution in [0.3, 0.4) is 0 Å². The highest BCUT2D eigenvalue weighted by atomic mass is 16.5. The Labute approximate surface area is 75.2 Å². The molecule has 0 bridgehead atoms. The average molecular weight is 182 g/mol. The van der Waals surface area contributed by atoms with E-state index < -0.39 is 5.91 Å². The number of rotatable bonds is 4. The van der Waals surface area contributed by atoms with Crippen LogP contribution in [0, 0.1) is 0 Å². The van der Waals surface area contributed by atoms with Crippen LogP contribution >= 0.6 is 0 Å². The Kier molecular flexibility index (Phi) is 3.22. The van der Waals surface area contributed by atoms with E-state index in [4.69, 9.17) is 15.6 Å². The number of ether oxygens (including phenoxy) is 1. The van der Waals surface area contributed by atoms with Crippen molar-refractivity contribution in [3.05, 3.63) is 23.9 Å². The molecular formula is C8H10N2O3. The van der Waals surface area contributed by atoms with E-state index in [0.29, 0.717) is 5.56 Å². The molecule has 1 aromatic heterocycles. The second-order valence-electron chi connectivity index (χ2n) is 2.32. The highest BCUT2D eigenvalue weighted by Crippen LogP contribution is 2.08. The van der Waals surface area contributed by atoms with E-state index in [1.807, 2.05) is 0 Å². The van der Waals surface area contributed by atoms with E-state index in [9.17, 15) is 4.79 Å². The number of aromatic nitrogens is 1. The zero-order chi connectivity index (χ0) is 9.68. The lowest BCUT2D eigenvalue weighted by Gasteiger charge is -2.02. The van der Waals surface area contributed by atoms with E-state index in [-0.39, 0.29) is 19.1 Å². The van der Waals surface area contributed by atoms with Crippen molar-refractivity contribution in [1.82, 2.24) is 4.98 Å². The van der Waals surface area contributed by atoms with Gasteiger partial charge in [-0.25, -0.2) is 4.98 Å². The molecule has 1 heterocycles. The van der Waals surface area contributed by atoms with Crippen molar-refractivity contribution < 1.29 is 14.6 Å². The van der Waals surface area contributed by atoms with E-state index >= 15 is 0 Å². The lowest BCUT2D eigenvalue weighted by atomic mass is 10.2. The SMILES string of the molecule is NC(=O)c1ccnc(OCCO)c1. The van der Waals surface area contributed by atoms with Crippen molar-refractivity contribution in [2.45, 2.75) is 0 Å². The van der Waals surface area contributed by atoms with Gasteiger partial charge in [-0.1, -0.05) is 0 Å². The quantitative estimate of drug-likeness (QED) is 0.660.